The average Bonchev–Trinajstić information content (AvgIpc) is 3.00. The van der Waals surface area contributed by atoms with Gasteiger partial charge in [-0.3, -0.25) is 9.59 Å². The molecule has 0 bridgehead atoms. The second-order valence-electron chi connectivity index (χ2n) is 7.41. The van der Waals surface area contributed by atoms with Gasteiger partial charge >= 0.3 is 0 Å². The van der Waals surface area contributed by atoms with Crippen LogP contribution < -0.4 is 10.3 Å². The lowest BCUT2D eigenvalue weighted by Gasteiger charge is -2.45. The van der Waals surface area contributed by atoms with Gasteiger partial charge in [-0.25, -0.2) is 0 Å². The van der Waals surface area contributed by atoms with Gasteiger partial charge < -0.3 is 19.3 Å². The third-order valence-corrected chi connectivity index (χ3v) is 5.41. The van der Waals surface area contributed by atoms with Crippen molar-refractivity contribution in [2.24, 2.45) is 7.05 Å². The van der Waals surface area contributed by atoms with E-state index in [0.717, 1.165) is 17.3 Å². The fraction of sp³-hybridized carbons (Fsp3) is 0.474. The first-order chi connectivity index (χ1) is 11.8. The van der Waals surface area contributed by atoms with Crippen molar-refractivity contribution in [3.8, 4) is 5.75 Å². The number of benzene rings is 1. The molecule has 132 valence electrons. The third kappa shape index (κ3) is 2.20. The summed E-state index contributed by atoms with van der Waals surface area (Å²) >= 11 is 0. The number of carbonyl (C=O) groups is 1. The molecule has 1 N–H and O–H groups in total. The maximum absolute atomic E-state index is 13.1. The SMILES string of the molecule is Cn1c(=O)c2c(c3ccccc31)OC(C)(C)[C@H](O)[C@H]2N1CCCC1=O. The fourth-order valence-electron chi connectivity index (χ4n) is 4.01. The smallest absolute Gasteiger partial charge is 0.259 e. The molecule has 0 unspecified atom stereocenters. The Morgan fingerprint density at radius 1 is 1.24 bits per heavy atom. The van der Waals surface area contributed by atoms with Crippen LogP contribution in [0.4, 0.5) is 0 Å². The van der Waals surface area contributed by atoms with E-state index in [9.17, 15) is 14.7 Å². The Balaban J connectivity index is 2.06. The summed E-state index contributed by atoms with van der Waals surface area (Å²) in [4.78, 5) is 27.1. The number of fused-ring (bicyclic) bond motifs is 3. The highest BCUT2D eigenvalue weighted by atomic mass is 16.5. The maximum atomic E-state index is 13.1. The lowest BCUT2D eigenvalue weighted by molar-refractivity contribution is -0.139. The monoisotopic (exact) mass is 342 g/mol. The highest BCUT2D eigenvalue weighted by molar-refractivity contribution is 5.88. The summed E-state index contributed by atoms with van der Waals surface area (Å²) in [5.74, 6) is 0.460. The van der Waals surface area contributed by atoms with Crippen molar-refractivity contribution >= 4 is 16.8 Å². The van der Waals surface area contributed by atoms with E-state index < -0.39 is 17.7 Å². The fourth-order valence-corrected chi connectivity index (χ4v) is 4.01. The maximum Gasteiger partial charge on any atom is 0.259 e. The van der Waals surface area contributed by atoms with Crippen LogP contribution in [0.1, 0.15) is 38.3 Å². The Morgan fingerprint density at radius 3 is 2.64 bits per heavy atom. The van der Waals surface area contributed by atoms with Crippen LogP contribution in [0.2, 0.25) is 0 Å². The summed E-state index contributed by atoms with van der Waals surface area (Å²) in [6.45, 7) is 4.13. The van der Waals surface area contributed by atoms with Gasteiger partial charge in [-0.1, -0.05) is 12.1 Å². The van der Waals surface area contributed by atoms with Crippen molar-refractivity contribution in [1.82, 2.24) is 9.47 Å². The zero-order valence-corrected chi connectivity index (χ0v) is 14.7. The van der Waals surface area contributed by atoms with Crippen molar-refractivity contribution in [1.29, 1.82) is 0 Å². The second-order valence-corrected chi connectivity index (χ2v) is 7.41. The van der Waals surface area contributed by atoms with Crippen molar-refractivity contribution in [3.05, 3.63) is 40.2 Å². The zero-order valence-electron chi connectivity index (χ0n) is 14.7. The van der Waals surface area contributed by atoms with Gasteiger partial charge in [0.25, 0.3) is 5.56 Å². The normalized spacial score (nSPS) is 25.1. The van der Waals surface area contributed by atoms with E-state index in [1.54, 1.807) is 30.4 Å². The Hall–Kier alpha value is -2.34. The van der Waals surface area contributed by atoms with E-state index in [-0.39, 0.29) is 11.5 Å². The van der Waals surface area contributed by atoms with Gasteiger partial charge in [-0.2, -0.15) is 0 Å². The molecule has 1 aromatic heterocycles. The number of ether oxygens (including phenoxy) is 1. The molecule has 2 aromatic rings. The van der Waals surface area contributed by atoms with Crippen LogP contribution in [0.25, 0.3) is 10.9 Å². The molecule has 25 heavy (non-hydrogen) atoms. The number of amides is 1. The number of nitrogens with zero attached hydrogens (tertiary/aromatic N) is 2. The van der Waals surface area contributed by atoms with Gasteiger partial charge in [0, 0.05) is 25.4 Å². The first-order valence-electron chi connectivity index (χ1n) is 8.61. The first kappa shape index (κ1) is 16.1. The number of aryl methyl sites for hydroxylation is 1. The summed E-state index contributed by atoms with van der Waals surface area (Å²) < 4.78 is 7.67. The van der Waals surface area contributed by atoms with E-state index in [4.69, 9.17) is 4.74 Å². The molecule has 0 saturated carbocycles. The van der Waals surface area contributed by atoms with Gasteiger partial charge in [0.1, 0.15) is 17.5 Å². The molecule has 2 aliphatic rings. The number of para-hydroxylation sites is 1. The standard InChI is InChI=1S/C19H22N2O4/c1-19(2)17(23)15(21-10-6-9-13(21)22)14-16(25-19)11-7-4-5-8-12(11)20(3)18(14)24/h4-5,7-8,15,17,23H,6,9-10H2,1-3H3/t15-,17+/m0/s1. The van der Waals surface area contributed by atoms with E-state index in [1.165, 1.54) is 0 Å². The van der Waals surface area contributed by atoms with Crippen molar-refractivity contribution in [2.45, 2.75) is 44.4 Å². The molecule has 0 radical (unpaired) electrons. The molecule has 6 heteroatoms. The van der Waals surface area contributed by atoms with E-state index in [1.807, 2.05) is 24.3 Å². The van der Waals surface area contributed by atoms with Gasteiger partial charge in [0.05, 0.1) is 17.1 Å². The number of aliphatic hydroxyl groups excluding tert-OH is 1. The number of aromatic nitrogens is 1. The van der Waals surface area contributed by atoms with Gasteiger partial charge in [0.2, 0.25) is 5.91 Å². The summed E-state index contributed by atoms with van der Waals surface area (Å²) in [6.07, 6.45) is 0.219. The van der Waals surface area contributed by atoms with E-state index >= 15 is 0 Å². The summed E-state index contributed by atoms with van der Waals surface area (Å²) in [5.41, 5.74) is 0.0107. The topological polar surface area (TPSA) is 71.8 Å². The van der Waals surface area contributed by atoms with Gasteiger partial charge in [-0.15, -0.1) is 0 Å². The van der Waals surface area contributed by atoms with Crippen LogP contribution in [0.3, 0.4) is 0 Å². The Morgan fingerprint density at radius 2 is 1.96 bits per heavy atom. The molecular weight excluding hydrogens is 320 g/mol. The molecule has 1 saturated heterocycles. The summed E-state index contributed by atoms with van der Waals surface area (Å²) in [7, 11) is 1.71. The van der Waals surface area contributed by atoms with Crippen LogP contribution in [0.15, 0.2) is 29.1 Å². The molecule has 0 aliphatic carbocycles. The highest BCUT2D eigenvalue weighted by Crippen LogP contribution is 2.45. The molecule has 1 aromatic carbocycles. The molecule has 2 atom stereocenters. The van der Waals surface area contributed by atoms with Gasteiger partial charge in [-0.05, 0) is 32.4 Å². The van der Waals surface area contributed by atoms with Crippen LogP contribution in [0.5, 0.6) is 5.75 Å². The summed E-state index contributed by atoms with van der Waals surface area (Å²) in [5, 5.41) is 11.8. The van der Waals surface area contributed by atoms with E-state index in [0.29, 0.717) is 24.3 Å². The molecule has 1 amide bonds. The summed E-state index contributed by atoms with van der Waals surface area (Å²) in [6, 6.07) is 6.86. The van der Waals surface area contributed by atoms with Crippen molar-refractivity contribution in [3.63, 3.8) is 0 Å². The molecule has 6 nitrogen and oxygen atoms in total. The molecule has 2 aliphatic heterocycles. The third-order valence-electron chi connectivity index (χ3n) is 5.41. The number of hydrogen-bond donors (Lipinski definition) is 1. The predicted octanol–water partition coefficient (Wildman–Crippen LogP) is 1.73. The number of likely N-dealkylation sites (tertiary alicyclic amines) is 1. The molecule has 1 fully saturated rings. The lowest BCUT2D eigenvalue weighted by atomic mass is 9.85. The van der Waals surface area contributed by atoms with Crippen LogP contribution in [-0.4, -0.2) is 38.7 Å². The highest BCUT2D eigenvalue weighted by Gasteiger charge is 2.49. The average molecular weight is 342 g/mol. The number of carbonyl (C=O) groups excluding carboxylic acids is 1. The van der Waals surface area contributed by atoms with Crippen molar-refractivity contribution in [2.75, 3.05) is 6.54 Å². The Kier molecular flexibility index (Phi) is 3.44. The van der Waals surface area contributed by atoms with Crippen LogP contribution in [0, 0.1) is 0 Å². The Labute approximate surface area is 145 Å². The minimum absolute atomic E-state index is 0.0251. The Bertz CT molecular complexity index is 931. The lowest BCUT2D eigenvalue weighted by Crippen LogP contribution is -2.55. The first-order valence-corrected chi connectivity index (χ1v) is 8.61. The molecular formula is C19H22N2O4. The minimum Gasteiger partial charge on any atom is -0.484 e. The van der Waals surface area contributed by atoms with Crippen molar-refractivity contribution < 1.29 is 14.6 Å². The predicted molar refractivity (Wildman–Crippen MR) is 93.6 cm³/mol. The van der Waals surface area contributed by atoms with Crippen LogP contribution >= 0.6 is 0 Å². The molecule has 3 heterocycles. The number of hydrogen-bond acceptors (Lipinski definition) is 4. The minimum atomic E-state index is -0.976. The van der Waals surface area contributed by atoms with Gasteiger partial charge in [0.15, 0.2) is 0 Å². The number of rotatable bonds is 1. The largest absolute Gasteiger partial charge is 0.484 e. The van der Waals surface area contributed by atoms with E-state index in [2.05, 4.69) is 0 Å². The van der Waals surface area contributed by atoms with Crippen LogP contribution in [-0.2, 0) is 11.8 Å². The zero-order chi connectivity index (χ0) is 17.9. The molecule has 4 rings (SSSR count). The quantitative estimate of drug-likeness (QED) is 0.857. The number of aliphatic hydroxyl groups is 1. The molecule has 0 spiro atoms. The second kappa shape index (κ2) is 5.33. The number of pyridine rings is 1.